The first kappa shape index (κ1) is 10.6. The third-order valence-electron chi connectivity index (χ3n) is 2.76. The smallest absolute Gasteiger partial charge is 0.0590 e. The summed E-state index contributed by atoms with van der Waals surface area (Å²) < 4.78 is 5.48. The fourth-order valence-corrected chi connectivity index (χ4v) is 1.89. The van der Waals surface area contributed by atoms with Crippen molar-refractivity contribution in [2.24, 2.45) is 11.7 Å². The fraction of sp³-hybridized carbons (Fsp3) is 0.818. The lowest BCUT2D eigenvalue weighted by atomic mass is 9.91. The average Bonchev–Trinajstić information content (AvgIpc) is 2.52. The van der Waals surface area contributed by atoms with Crippen LogP contribution in [-0.2, 0) is 4.74 Å². The van der Waals surface area contributed by atoms with Crippen LogP contribution in [0, 0.1) is 17.8 Å². The van der Waals surface area contributed by atoms with Gasteiger partial charge in [-0.1, -0.05) is 0 Å². The lowest BCUT2D eigenvalue weighted by Gasteiger charge is -2.20. The average molecular weight is 181 g/mol. The molecule has 3 atom stereocenters. The van der Waals surface area contributed by atoms with Crippen LogP contribution < -0.4 is 5.73 Å². The minimum Gasteiger partial charge on any atom is -0.378 e. The molecule has 1 heterocycles. The Labute approximate surface area is 80.8 Å². The predicted molar refractivity (Wildman–Crippen MR) is 54.2 cm³/mol. The number of nitrogens with two attached hydrogens (primary N) is 1. The summed E-state index contributed by atoms with van der Waals surface area (Å²) in [4.78, 5) is 0. The van der Waals surface area contributed by atoms with E-state index in [1.807, 2.05) is 6.92 Å². The molecule has 0 aromatic carbocycles. The van der Waals surface area contributed by atoms with E-state index < -0.39 is 0 Å². The second-order valence-electron chi connectivity index (χ2n) is 3.66. The zero-order valence-electron chi connectivity index (χ0n) is 8.55. The van der Waals surface area contributed by atoms with Crippen LogP contribution in [-0.4, -0.2) is 18.8 Å². The summed E-state index contributed by atoms with van der Waals surface area (Å²) in [6.07, 6.45) is 3.37. The topological polar surface area (TPSA) is 35.2 Å². The summed E-state index contributed by atoms with van der Waals surface area (Å²) in [5, 5.41) is 0. The largest absolute Gasteiger partial charge is 0.378 e. The summed E-state index contributed by atoms with van der Waals surface area (Å²) in [7, 11) is 0. The van der Waals surface area contributed by atoms with Crippen molar-refractivity contribution in [3.05, 3.63) is 0 Å². The Hall–Kier alpha value is -0.520. The summed E-state index contributed by atoms with van der Waals surface area (Å²) >= 11 is 0. The summed E-state index contributed by atoms with van der Waals surface area (Å²) in [5.41, 5.74) is 6.06. The Morgan fingerprint density at radius 2 is 2.38 bits per heavy atom. The highest BCUT2D eigenvalue weighted by atomic mass is 16.5. The minimum atomic E-state index is 0.262. The first-order valence-corrected chi connectivity index (χ1v) is 5.02. The molecule has 1 aliphatic heterocycles. The van der Waals surface area contributed by atoms with Gasteiger partial charge in [-0.15, -0.1) is 11.8 Å². The van der Waals surface area contributed by atoms with Gasteiger partial charge in [-0.05, 0) is 26.7 Å². The maximum atomic E-state index is 6.06. The molecule has 0 amide bonds. The first-order chi connectivity index (χ1) is 6.25. The molecule has 2 heteroatoms. The van der Waals surface area contributed by atoms with E-state index in [9.17, 15) is 0 Å². The van der Waals surface area contributed by atoms with E-state index in [2.05, 4.69) is 18.8 Å². The molecule has 74 valence electrons. The normalized spacial score (nSPS) is 29.5. The highest BCUT2D eigenvalue weighted by Crippen LogP contribution is 2.24. The van der Waals surface area contributed by atoms with Crippen LogP contribution in [0.3, 0.4) is 0 Å². The van der Waals surface area contributed by atoms with Crippen molar-refractivity contribution in [1.82, 2.24) is 0 Å². The molecule has 1 saturated heterocycles. The molecule has 0 radical (unpaired) electrons. The molecule has 2 nitrogen and oxygen atoms in total. The van der Waals surface area contributed by atoms with Crippen LogP contribution in [0.5, 0.6) is 0 Å². The second-order valence-corrected chi connectivity index (χ2v) is 3.66. The predicted octanol–water partition coefficient (Wildman–Crippen LogP) is 1.54. The van der Waals surface area contributed by atoms with Crippen LogP contribution in [0.2, 0.25) is 0 Å². The quantitative estimate of drug-likeness (QED) is 0.670. The highest BCUT2D eigenvalue weighted by molar-refractivity contribution is 4.96. The molecular weight excluding hydrogens is 162 g/mol. The van der Waals surface area contributed by atoms with Gasteiger partial charge in [-0.3, -0.25) is 0 Å². The van der Waals surface area contributed by atoms with Crippen molar-refractivity contribution in [2.75, 3.05) is 6.61 Å². The van der Waals surface area contributed by atoms with E-state index in [-0.39, 0.29) is 6.04 Å². The fourth-order valence-electron chi connectivity index (χ4n) is 1.89. The van der Waals surface area contributed by atoms with Gasteiger partial charge in [0.25, 0.3) is 0 Å². The van der Waals surface area contributed by atoms with E-state index in [0.29, 0.717) is 12.0 Å². The second kappa shape index (κ2) is 5.26. The van der Waals surface area contributed by atoms with E-state index in [1.54, 1.807) is 0 Å². The van der Waals surface area contributed by atoms with Crippen LogP contribution in [0.25, 0.3) is 0 Å². The number of ether oxygens (including phenoxy) is 1. The van der Waals surface area contributed by atoms with E-state index in [4.69, 9.17) is 10.5 Å². The van der Waals surface area contributed by atoms with Crippen LogP contribution >= 0.6 is 0 Å². The molecule has 3 unspecified atom stereocenters. The zero-order valence-corrected chi connectivity index (χ0v) is 8.55. The van der Waals surface area contributed by atoms with Crippen molar-refractivity contribution >= 4 is 0 Å². The third kappa shape index (κ3) is 3.02. The SMILES string of the molecule is CC#CCCC(N)C1CCOC1C. The first-order valence-electron chi connectivity index (χ1n) is 5.02. The van der Waals surface area contributed by atoms with E-state index in [0.717, 1.165) is 25.9 Å². The van der Waals surface area contributed by atoms with Crippen LogP contribution in [0.4, 0.5) is 0 Å². The Morgan fingerprint density at radius 3 is 2.92 bits per heavy atom. The van der Waals surface area contributed by atoms with Gasteiger partial charge in [-0.2, -0.15) is 0 Å². The van der Waals surface area contributed by atoms with Gasteiger partial charge in [0, 0.05) is 25.0 Å². The van der Waals surface area contributed by atoms with Gasteiger partial charge >= 0.3 is 0 Å². The monoisotopic (exact) mass is 181 g/mol. The number of rotatable bonds is 3. The molecule has 1 aliphatic rings. The van der Waals surface area contributed by atoms with Crippen LogP contribution in [0.1, 0.15) is 33.1 Å². The van der Waals surface area contributed by atoms with Crippen molar-refractivity contribution < 1.29 is 4.74 Å². The van der Waals surface area contributed by atoms with Gasteiger partial charge < -0.3 is 10.5 Å². The standard InChI is InChI=1S/C11H19NO/c1-3-4-5-6-11(12)10-7-8-13-9(10)2/h9-11H,5-8,12H2,1-2H3. The highest BCUT2D eigenvalue weighted by Gasteiger charge is 2.28. The van der Waals surface area contributed by atoms with Gasteiger partial charge in [0.05, 0.1) is 6.10 Å². The molecule has 0 aromatic rings. The molecule has 2 N–H and O–H groups in total. The lowest BCUT2D eigenvalue weighted by Crippen LogP contribution is -2.33. The number of hydrogen-bond donors (Lipinski definition) is 1. The maximum absolute atomic E-state index is 6.06. The van der Waals surface area contributed by atoms with Gasteiger partial charge in [0.1, 0.15) is 0 Å². The Kier molecular flexibility index (Phi) is 4.27. The van der Waals surface area contributed by atoms with Crippen LogP contribution in [0.15, 0.2) is 0 Å². The van der Waals surface area contributed by atoms with E-state index >= 15 is 0 Å². The summed E-state index contributed by atoms with van der Waals surface area (Å²) in [5.74, 6) is 6.48. The zero-order chi connectivity index (χ0) is 9.68. The molecular formula is C11H19NO. The van der Waals surface area contributed by atoms with Crippen molar-refractivity contribution in [3.63, 3.8) is 0 Å². The van der Waals surface area contributed by atoms with Crippen molar-refractivity contribution in [2.45, 2.75) is 45.3 Å². The minimum absolute atomic E-state index is 0.262. The van der Waals surface area contributed by atoms with Gasteiger partial charge in [0.2, 0.25) is 0 Å². The Morgan fingerprint density at radius 1 is 1.62 bits per heavy atom. The molecule has 1 rings (SSSR count). The van der Waals surface area contributed by atoms with Gasteiger partial charge in [0.15, 0.2) is 0 Å². The van der Waals surface area contributed by atoms with Crippen molar-refractivity contribution in [1.29, 1.82) is 0 Å². The Bertz CT molecular complexity index is 204. The molecule has 0 bridgehead atoms. The maximum Gasteiger partial charge on any atom is 0.0590 e. The lowest BCUT2D eigenvalue weighted by molar-refractivity contribution is 0.0988. The summed E-state index contributed by atoms with van der Waals surface area (Å²) in [6.45, 7) is 4.86. The third-order valence-corrected chi connectivity index (χ3v) is 2.76. The van der Waals surface area contributed by atoms with E-state index in [1.165, 1.54) is 0 Å². The Balaban J connectivity index is 2.28. The molecule has 0 saturated carbocycles. The molecule has 0 aromatic heterocycles. The molecule has 0 aliphatic carbocycles. The van der Waals surface area contributed by atoms with Gasteiger partial charge in [-0.25, -0.2) is 0 Å². The molecule has 1 fully saturated rings. The number of hydrogen-bond acceptors (Lipinski definition) is 2. The summed E-state index contributed by atoms with van der Waals surface area (Å²) in [6, 6.07) is 0.262. The van der Waals surface area contributed by atoms with Crippen molar-refractivity contribution in [3.8, 4) is 11.8 Å². The molecule has 0 spiro atoms. The molecule has 13 heavy (non-hydrogen) atoms.